The lowest BCUT2D eigenvalue weighted by atomic mass is 9.71. The standard InChI is InChI=1S/C14H27NO2S/c1-3-11-5-6-14(15-4-2)13(9-11)12-7-8-18(16,17)10-12/h11-15H,3-10H2,1-2H3. The van der Waals surface area contributed by atoms with Crippen LogP contribution < -0.4 is 5.32 Å². The van der Waals surface area contributed by atoms with Crippen molar-refractivity contribution < 1.29 is 8.42 Å². The van der Waals surface area contributed by atoms with E-state index in [2.05, 4.69) is 19.2 Å². The van der Waals surface area contributed by atoms with Crippen LogP contribution in [0.3, 0.4) is 0 Å². The quantitative estimate of drug-likeness (QED) is 0.854. The molecule has 1 aliphatic carbocycles. The minimum atomic E-state index is -2.74. The van der Waals surface area contributed by atoms with Crippen molar-refractivity contribution in [3.8, 4) is 0 Å². The third-order valence-electron chi connectivity index (χ3n) is 4.93. The summed E-state index contributed by atoms with van der Waals surface area (Å²) in [7, 11) is -2.74. The van der Waals surface area contributed by atoms with Gasteiger partial charge in [-0.3, -0.25) is 0 Å². The lowest BCUT2D eigenvalue weighted by molar-refractivity contribution is 0.152. The molecule has 1 aliphatic heterocycles. The topological polar surface area (TPSA) is 46.2 Å². The van der Waals surface area contributed by atoms with Crippen LogP contribution in [0.5, 0.6) is 0 Å². The fraction of sp³-hybridized carbons (Fsp3) is 1.00. The van der Waals surface area contributed by atoms with Crippen LogP contribution in [0.4, 0.5) is 0 Å². The molecular weight excluding hydrogens is 246 g/mol. The molecule has 4 heteroatoms. The Balaban J connectivity index is 2.05. The molecule has 3 nitrogen and oxygen atoms in total. The van der Waals surface area contributed by atoms with Crippen molar-refractivity contribution >= 4 is 9.84 Å². The third kappa shape index (κ3) is 3.27. The Morgan fingerprint density at radius 2 is 1.94 bits per heavy atom. The molecule has 1 N–H and O–H groups in total. The zero-order valence-corrected chi connectivity index (χ0v) is 12.5. The highest BCUT2D eigenvalue weighted by Crippen LogP contribution is 2.39. The monoisotopic (exact) mass is 273 g/mol. The summed E-state index contributed by atoms with van der Waals surface area (Å²) in [6.45, 7) is 5.41. The van der Waals surface area contributed by atoms with Gasteiger partial charge >= 0.3 is 0 Å². The summed E-state index contributed by atoms with van der Waals surface area (Å²) in [6.07, 6.45) is 5.91. The second-order valence-corrected chi connectivity index (χ2v) is 8.31. The van der Waals surface area contributed by atoms with Crippen molar-refractivity contribution in [1.82, 2.24) is 5.32 Å². The van der Waals surface area contributed by atoms with Gasteiger partial charge in [0.25, 0.3) is 0 Å². The van der Waals surface area contributed by atoms with E-state index in [4.69, 9.17) is 0 Å². The van der Waals surface area contributed by atoms with Gasteiger partial charge in [0, 0.05) is 6.04 Å². The van der Waals surface area contributed by atoms with Gasteiger partial charge in [-0.05, 0) is 50.0 Å². The summed E-state index contributed by atoms with van der Waals surface area (Å²) in [5.41, 5.74) is 0. The van der Waals surface area contributed by atoms with E-state index < -0.39 is 9.84 Å². The predicted octanol–water partition coefficient (Wildman–Crippen LogP) is 2.23. The van der Waals surface area contributed by atoms with Gasteiger partial charge in [0.15, 0.2) is 9.84 Å². The molecule has 18 heavy (non-hydrogen) atoms. The average Bonchev–Trinajstić information content (AvgIpc) is 2.70. The largest absolute Gasteiger partial charge is 0.314 e. The van der Waals surface area contributed by atoms with E-state index >= 15 is 0 Å². The summed E-state index contributed by atoms with van der Waals surface area (Å²) in [6, 6.07) is 0.552. The predicted molar refractivity (Wildman–Crippen MR) is 75.3 cm³/mol. The molecule has 2 fully saturated rings. The Bertz CT molecular complexity index is 366. The van der Waals surface area contributed by atoms with E-state index in [1.165, 1.54) is 25.7 Å². The fourth-order valence-electron chi connectivity index (χ4n) is 3.87. The molecule has 0 aromatic carbocycles. The molecule has 1 heterocycles. The van der Waals surface area contributed by atoms with Gasteiger partial charge in [0.05, 0.1) is 11.5 Å². The third-order valence-corrected chi connectivity index (χ3v) is 6.72. The molecule has 1 saturated heterocycles. The van der Waals surface area contributed by atoms with Crippen molar-refractivity contribution in [3.05, 3.63) is 0 Å². The van der Waals surface area contributed by atoms with Crippen molar-refractivity contribution in [2.24, 2.45) is 17.8 Å². The zero-order valence-electron chi connectivity index (χ0n) is 11.7. The van der Waals surface area contributed by atoms with E-state index in [1.54, 1.807) is 0 Å². The summed E-state index contributed by atoms with van der Waals surface area (Å²) in [5, 5.41) is 3.59. The van der Waals surface area contributed by atoms with E-state index in [1.807, 2.05) is 0 Å². The molecule has 0 spiro atoms. The normalized spacial score (nSPS) is 39.9. The first-order chi connectivity index (χ1) is 8.55. The van der Waals surface area contributed by atoms with E-state index in [0.29, 0.717) is 29.4 Å². The van der Waals surface area contributed by atoms with Gasteiger partial charge in [-0.25, -0.2) is 8.42 Å². The van der Waals surface area contributed by atoms with Gasteiger partial charge in [-0.1, -0.05) is 20.3 Å². The molecule has 2 aliphatic rings. The smallest absolute Gasteiger partial charge is 0.150 e. The van der Waals surface area contributed by atoms with Crippen LogP contribution in [0.1, 0.15) is 46.0 Å². The van der Waals surface area contributed by atoms with Crippen LogP contribution in [-0.4, -0.2) is 32.5 Å². The van der Waals surface area contributed by atoms with Crippen molar-refractivity contribution in [3.63, 3.8) is 0 Å². The van der Waals surface area contributed by atoms with Gasteiger partial charge in [0.2, 0.25) is 0 Å². The van der Waals surface area contributed by atoms with Crippen LogP contribution in [-0.2, 0) is 9.84 Å². The molecule has 2 rings (SSSR count). The molecule has 0 amide bonds. The molecule has 4 atom stereocenters. The first-order valence-electron chi connectivity index (χ1n) is 7.49. The maximum Gasteiger partial charge on any atom is 0.150 e. The molecule has 4 unspecified atom stereocenters. The molecule has 0 aromatic heterocycles. The van der Waals surface area contributed by atoms with Crippen LogP contribution >= 0.6 is 0 Å². The lowest BCUT2D eigenvalue weighted by Crippen LogP contribution is -2.44. The number of hydrogen-bond acceptors (Lipinski definition) is 3. The van der Waals surface area contributed by atoms with Crippen LogP contribution in [0.15, 0.2) is 0 Å². The number of rotatable bonds is 4. The van der Waals surface area contributed by atoms with Crippen molar-refractivity contribution in [1.29, 1.82) is 0 Å². The second kappa shape index (κ2) is 5.91. The Morgan fingerprint density at radius 1 is 1.17 bits per heavy atom. The van der Waals surface area contributed by atoms with Crippen molar-refractivity contribution in [2.75, 3.05) is 18.1 Å². The van der Waals surface area contributed by atoms with Crippen LogP contribution in [0, 0.1) is 17.8 Å². The average molecular weight is 273 g/mol. The Kier molecular flexibility index (Phi) is 4.70. The minimum absolute atomic E-state index is 0.411. The molecule has 0 bridgehead atoms. The summed E-state index contributed by atoms with van der Waals surface area (Å²) >= 11 is 0. The van der Waals surface area contributed by atoms with E-state index in [0.717, 1.165) is 18.9 Å². The molecular formula is C14H27NO2S. The molecule has 1 saturated carbocycles. The zero-order chi connectivity index (χ0) is 13.2. The molecule has 0 radical (unpaired) electrons. The van der Waals surface area contributed by atoms with Gasteiger partial charge in [-0.2, -0.15) is 0 Å². The SMILES string of the molecule is CCNC1CCC(CC)CC1C1CCS(=O)(=O)C1. The lowest BCUT2D eigenvalue weighted by Gasteiger charge is -2.39. The molecule has 0 aromatic rings. The highest BCUT2D eigenvalue weighted by molar-refractivity contribution is 7.91. The summed E-state index contributed by atoms with van der Waals surface area (Å²) in [4.78, 5) is 0. The minimum Gasteiger partial charge on any atom is -0.314 e. The Hall–Kier alpha value is -0.0900. The van der Waals surface area contributed by atoms with E-state index in [9.17, 15) is 8.42 Å². The number of hydrogen-bond donors (Lipinski definition) is 1. The van der Waals surface area contributed by atoms with E-state index in [-0.39, 0.29) is 0 Å². The Labute approximate surface area is 112 Å². The first kappa shape index (κ1) is 14.3. The first-order valence-corrected chi connectivity index (χ1v) is 9.31. The van der Waals surface area contributed by atoms with Gasteiger partial charge in [-0.15, -0.1) is 0 Å². The van der Waals surface area contributed by atoms with Crippen LogP contribution in [0.25, 0.3) is 0 Å². The van der Waals surface area contributed by atoms with Gasteiger partial charge in [0.1, 0.15) is 0 Å². The van der Waals surface area contributed by atoms with Crippen LogP contribution in [0.2, 0.25) is 0 Å². The Morgan fingerprint density at radius 3 is 2.50 bits per heavy atom. The van der Waals surface area contributed by atoms with Gasteiger partial charge < -0.3 is 5.32 Å². The summed E-state index contributed by atoms with van der Waals surface area (Å²) < 4.78 is 23.4. The highest BCUT2D eigenvalue weighted by Gasteiger charge is 2.40. The maximum atomic E-state index is 11.7. The second-order valence-electron chi connectivity index (χ2n) is 6.08. The number of sulfone groups is 1. The fourth-order valence-corrected chi connectivity index (χ4v) is 5.76. The summed E-state index contributed by atoms with van der Waals surface area (Å²) in [5.74, 6) is 2.67. The maximum absolute atomic E-state index is 11.7. The number of nitrogens with one attached hydrogen (secondary N) is 1. The van der Waals surface area contributed by atoms with Crippen molar-refractivity contribution in [2.45, 2.75) is 52.0 Å². The molecule has 106 valence electrons. The highest BCUT2D eigenvalue weighted by atomic mass is 32.2.